The van der Waals surface area contributed by atoms with Gasteiger partial charge in [-0.2, -0.15) is 0 Å². The van der Waals surface area contributed by atoms with Gasteiger partial charge >= 0.3 is 0 Å². The Hall–Kier alpha value is -1.51. The zero-order chi connectivity index (χ0) is 13.0. The Labute approximate surface area is 112 Å². The largest absolute Gasteiger partial charge is 0.489 e. The third-order valence-electron chi connectivity index (χ3n) is 2.76. The standard InChI is InChI=1S/C15H16ClNO/c1-11-2-4-12(5-3-11)10-18-15-7-6-14(16)8-13(15)9-17/h2-8H,9-10,17H2,1H3. The molecule has 0 aromatic heterocycles. The summed E-state index contributed by atoms with van der Waals surface area (Å²) in [5.41, 5.74) is 8.98. The molecule has 0 unspecified atom stereocenters. The van der Waals surface area contributed by atoms with Crippen LogP contribution in [0.25, 0.3) is 0 Å². The van der Waals surface area contributed by atoms with Crippen molar-refractivity contribution in [2.75, 3.05) is 0 Å². The van der Waals surface area contributed by atoms with E-state index in [-0.39, 0.29) is 0 Å². The molecule has 0 fully saturated rings. The van der Waals surface area contributed by atoms with Gasteiger partial charge in [0, 0.05) is 17.1 Å². The minimum atomic E-state index is 0.420. The molecule has 2 rings (SSSR count). The van der Waals surface area contributed by atoms with Crippen molar-refractivity contribution in [3.8, 4) is 5.75 Å². The van der Waals surface area contributed by atoms with Crippen molar-refractivity contribution in [2.45, 2.75) is 20.1 Å². The predicted octanol–water partition coefficient (Wildman–Crippen LogP) is 3.69. The molecule has 0 radical (unpaired) electrons. The molecule has 0 atom stereocenters. The Morgan fingerprint density at radius 1 is 1.11 bits per heavy atom. The summed E-state index contributed by atoms with van der Waals surface area (Å²) in [7, 11) is 0. The fourth-order valence-corrected chi connectivity index (χ4v) is 1.89. The number of aryl methyl sites for hydroxylation is 1. The van der Waals surface area contributed by atoms with Gasteiger partial charge in [-0.15, -0.1) is 0 Å². The average Bonchev–Trinajstić information content (AvgIpc) is 2.39. The highest BCUT2D eigenvalue weighted by atomic mass is 35.5. The first kappa shape index (κ1) is 12.9. The third-order valence-corrected chi connectivity index (χ3v) is 2.99. The zero-order valence-corrected chi connectivity index (χ0v) is 11.1. The van der Waals surface area contributed by atoms with Crippen molar-refractivity contribution in [3.05, 3.63) is 64.2 Å². The molecule has 0 saturated heterocycles. The Balaban J connectivity index is 2.08. The molecule has 2 nitrogen and oxygen atoms in total. The first-order valence-electron chi connectivity index (χ1n) is 5.86. The van der Waals surface area contributed by atoms with E-state index in [0.29, 0.717) is 18.2 Å². The predicted molar refractivity (Wildman–Crippen MR) is 74.9 cm³/mol. The number of rotatable bonds is 4. The molecule has 0 saturated carbocycles. The van der Waals surface area contributed by atoms with Crippen molar-refractivity contribution in [1.82, 2.24) is 0 Å². The molecule has 0 spiro atoms. The lowest BCUT2D eigenvalue weighted by Gasteiger charge is -2.11. The highest BCUT2D eigenvalue weighted by Crippen LogP contribution is 2.23. The van der Waals surface area contributed by atoms with E-state index in [0.717, 1.165) is 16.9 Å². The van der Waals surface area contributed by atoms with E-state index in [1.54, 1.807) is 0 Å². The first-order chi connectivity index (χ1) is 8.69. The summed E-state index contributed by atoms with van der Waals surface area (Å²) in [6.07, 6.45) is 0. The van der Waals surface area contributed by atoms with Crippen molar-refractivity contribution >= 4 is 11.6 Å². The molecule has 0 aliphatic carbocycles. The number of nitrogens with two attached hydrogens (primary N) is 1. The lowest BCUT2D eigenvalue weighted by Crippen LogP contribution is -2.02. The van der Waals surface area contributed by atoms with Crippen LogP contribution in [0.15, 0.2) is 42.5 Å². The number of ether oxygens (including phenoxy) is 1. The van der Waals surface area contributed by atoms with Crippen LogP contribution < -0.4 is 10.5 Å². The van der Waals surface area contributed by atoms with Gasteiger partial charge < -0.3 is 10.5 Å². The number of hydrogen-bond donors (Lipinski definition) is 1. The van der Waals surface area contributed by atoms with E-state index < -0.39 is 0 Å². The second kappa shape index (κ2) is 5.89. The third kappa shape index (κ3) is 3.25. The van der Waals surface area contributed by atoms with Crippen LogP contribution >= 0.6 is 11.6 Å². The molecular formula is C15H16ClNO. The maximum atomic E-state index is 5.92. The Morgan fingerprint density at radius 3 is 2.50 bits per heavy atom. The smallest absolute Gasteiger partial charge is 0.124 e. The molecule has 2 N–H and O–H groups in total. The molecule has 0 amide bonds. The lowest BCUT2D eigenvalue weighted by molar-refractivity contribution is 0.303. The number of benzene rings is 2. The summed E-state index contributed by atoms with van der Waals surface area (Å²) in [5.74, 6) is 0.794. The van der Waals surface area contributed by atoms with Gasteiger partial charge in [-0.25, -0.2) is 0 Å². The molecule has 94 valence electrons. The van der Waals surface area contributed by atoms with Gasteiger partial charge in [0.1, 0.15) is 12.4 Å². The number of hydrogen-bond acceptors (Lipinski definition) is 2. The number of halogens is 1. The Morgan fingerprint density at radius 2 is 1.83 bits per heavy atom. The van der Waals surface area contributed by atoms with Crippen LogP contribution in [0.4, 0.5) is 0 Å². The monoisotopic (exact) mass is 261 g/mol. The minimum absolute atomic E-state index is 0.420. The van der Waals surface area contributed by atoms with Crippen LogP contribution in [0, 0.1) is 6.92 Å². The van der Waals surface area contributed by atoms with E-state index in [9.17, 15) is 0 Å². The van der Waals surface area contributed by atoms with E-state index in [4.69, 9.17) is 22.1 Å². The summed E-state index contributed by atoms with van der Waals surface area (Å²) in [5, 5.41) is 0.679. The second-order valence-electron chi connectivity index (χ2n) is 4.23. The summed E-state index contributed by atoms with van der Waals surface area (Å²) >= 11 is 5.92. The van der Waals surface area contributed by atoms with Gasteiger partial charge in [-0.1, -0.05) is 41.4 Å². The van der Waals surface area contributed by atoms with Crippen molar-refractivity contribution in [1.29, 1.82) is 0 Å². The van der Waals surface area contributed by atoms with Crippen molar-refractivity contribution in [2.24, 2.45) is 5.73 Å². The Kier molecular flexibility index (Phi) is 4.24. The van der Waals surface area contributed by atoms with E-state index in [1.807, 2.05) is 18.2 Å². The average molecular weight is 262 g/mol. The molecular weight excluding hydrogens is 246 g/mol. The fourth-order valence-electron chi connectivity index (χ4n) is 1.69. The SMILES string of the molecule is Cc1ccc(COc2ccc(Cl)cc2CN)cc1. The highest BCUT2D eigenvalue weighted by molar-refractivity contribution is 6.30. The minimum Gasteiger partial charge on any atom is -0.489 e. The van der Waals surface area contributed by atoms with Crippen LogP contribution in [0.5, 0.6) is 5.75 Å². The topological polar surface area (TPSA) is 35.2 Å². The van der Waals surface area contributed by atoms with Crippen molar-refractivity contribution in [3.63, 3.8) is 0 Å². The van der Waals surface area contributed by atoms with E-state index in [2.05, 4.69) is 31.2 Å². The van der Waals surface area contributed by atoms with Crippen LogP contribution in [0.3, 0.4) is 0 Å². The van der Waals surface area contributed by atoms with E-state index in [1.165, 1.54) is 5.56 Å². The van der Waals surface area contributed by atoms with Gasteiger partial charge in [0.15, 0.2) is 0 Å². The summed E-state index contributed by atoms with van der Waals surface area (Å²) in [6, 6.07) is 13.8. The Bertz CT molecular complexity index is 523. The van der Waals surface area contributed by atoms with Crippen LogP contribution in [0.2, 0.25) is 5.02 Å². The summed E-state index contributed by atoms with van der Waals surface area (Å²) in [6.45, 7) is 3.02. The maximum Gasteiger partial charge on any atom is 0.124 e. The molecule has 2 aromatic rings. The van der Waals surface area contributed by atoms with Gasteiger partial charge in [0.2, 0.25) is 0 Å². The normalized spacial score (nSPS) is 10.4. The molecule has 2 aromatic carbocycles. The zero-order valence-electron chi connectivity index (χ0n) is 10.3. The van der Waals surface area contributed by atoms with Crippen LogP contribution in [-0.2, 0) is 13.2 Å². The second-order valence-corrected chi connectivity index (χ2v) is 4.67. The van der Waals surface area contributed by atoms with Gasteiger partial charge in [0.25, 0.3) is 0 Å². The van der Waals surface area contributed by atoms with Gasteiger partial charge in [-0.3, -0.25) is 0 Å². The quantitative estimate of drug-likeness (QED) is 0.911. The molecule has 0 bridgehead atoms. The fraction of sp³-hybridized carbons (Fsp3) is 0.200. The van der Waals surface area contributed by atoms with E-state index >= 15 is 0 Å². The summed E-state index contributed by atoms with van der Waals surface area (Å²) < 4.78 is 5.77. The lowest BCUT2D eigenvalue weighted by atomic mass is 10.1. The molecule has 3 heteroatoms. The van der Waals surface area contributed by atoms with Crippen LogP contribution in [0.1, 0.15) is 16.7 Å². The first-order valence-corrected chi connectivity index (χ1v) is 6.23. The van der Waals surface area contributed by atoms with Gasteiger partial charge in [-0.05, 0) is 30.7 Å². The maximum absolute atomic E-state index is 5.92. The summed E-state index contributed by atoms with van der Waals surface area (Å²) in [4.78, 5) is 0. The highest BCUT2D eigenvalue weighted by Gasteiger charge is 2.03. The molecule has 18 heavy (non-hydrogen) atoms. The van der Waals surface area contributed by atoms with Gasteiger partial charge in [0.05, 0.1) is 0 Å². The molecule has 0 heterocycles. The molecule has 0 aliphatic heterocycles. The molecule has 0 aliphatic rings. The van der Waals surface area contributed by atoms with Crippen LogP contribution in [-0.4, -0.2) is 0 Å². The van der Waals surface area contributed by atoms with Crippen molar-refractivity contribution < 1.29 is 4.74 Å².